The van der Waals surface area contributed by atoms with Crippen molar-refractivity contribution in [2.24, 2.45) is 7.05 Å². The zero-order valence-corrected chi connectivity index (χ0v) is 15.3. The SMILES string of the molecule is CCOC(=O)Nc1c(C(=O)N(C)OC)oc2ccc(-c3cnn(C)c3)nc12. The zero-order valence-electron chi connectivity index (χ0n) is 15.3. The lowest BCUT2D eigenvalue weighted by Crippen LogP contribution is -2.26. The van der Waals surface area contributed by atoms with Gasteiger partial charge in [-0.05, 0) is 19.1 Å². The van der Waals surface area contributed by atoms with E-state index in [1.807, 2.05) is 0 Å². The molecule has 142 valence electrons. The van der Waals surface area contributed by atoms with E-state index in [4.69, 9.17) is 14.0 Å². The number of nitrogens with zero attached hydrogens (tertiary/aromatic N) is 4. The lowest BCUT2D eigenvalue weighted by atomic mass is 10.2. The summed E-state index contributed by atoms with van der Waals surface area (Å²) in [6.07, 6.45) is 2.75. The second-order valence-corrected chi connectivity index (χ2v) is 5.58. The number of carbonyl (C=O) groups is 2. The van der Waals surface area contributed by atoms with Crippen LogP contribution in [0.15, 0.2) is 28.9 Å². The van der Waals surface area contributed by atoms with Gasteiger partial charge in [0, 0.05) is 25.9 Å². The number of nitrogens with one attached hydrogen (secondary N) is 1. The molecule has 0 aliphatic rings. The van der Waals surface area contributed by atoms with Crippen LogP contribution < -0.4 is 5.32 Å². The summed E-state index contributed by atoms with van der Waals surface area (Å²) in [5.74, 6) is -0.691. The van der Waals surface area contributed by atoms with E-state index in [2.05, 4.69) is 15.4 Å². The number of hydrogen-bond acceptors (Lipinski definition) is 7. The summed E-state index contributed by atoms with van der Waals surface area (Å²) < 4.78 is 12.2. The number of fused-ring (bicyclic) bond motifs is 1. The lowest BCUT2D eigenvalue weighted by molar-refractivity contribution is -0.0771. The summed E-state index contributed by atoms with van der Waals surface area (Å²) in [4.78, 5) is 33.9. The van der Waals surface area contributed by atoms with Crippen molar-refractivity contribution in [3.8, 4) is 11.3 Å². The third-order valence-electron chi connectivity index (χ3n) is 3.79. The summed E-state index contributed by atoms with van der Waals surface area (Å²) in [6, 6.07) is 3.41. The number of furan rings is 1. The van der Waals surface area contributed by atoms with Gasteiger partial charge in [-0.2, -0.15) is 5.10 Å². The van der Waals surface area contributed by atoms with Gasteiger partial charge in [-0.25, -0.2) is 14.8 Å². The molecule has 0 unspecified atom stereocenters. The molecule has 27 heavy (non-hydrogen) atoms. The van der Waals surface area contributed by atoms with Gasteiger partial charge in [-0.15, -0.1) is 0 Å². The highest BCUT2D eigenvalue weighted by atomic mass is 16.7. The highest BCUT2D eigenvalue weighted by Crippen LogP contribution is 2.32. The highest BCUT2D eigenvalue weighted by molar-refractivity contribution is 6.08. The molecule has 0 bridgehead atoms. The average Bonchev–Trinajstić information content (AvgIpc) is 3.24. The van der Waals surface area contributed by atoms with Gasteiger partial charge in [0.05, 0.1) is 25.6 Å². The van der Waals surface area contributed by atoms with Crippen LogP contribution in [0.2, 0.25) is 0 Å². The molecule has 10 heteroatoms. The number of aryl methyl sites for hydroxylation is 1. The lowest BCUT2D eigenvalue weighted by Gasteiger charge is -2.12. The van der Waals surface area contributed by atoms with E-state index >= 15 is 0 Å². The molecule has 3 aromatic heterocycles. The minimum Gasteiger partial charge on any atom is -0.450 e. The normalized spacial score (nSPS) is 10.8. The summed E-state index contributed by atoms with van der Waals surface area (Å²) in [7, 11) is 4.57. The van der Waals surface area contributed by atoms with Gasteiger partial charge in [0.15, 0.2) is 5.58 Å². The van der Waals surface area contributed by atoms with Crippen LogP contribution in [0.5, 0.6) is 0 Å². The minimum absolute atomic E-state index is 0.113. The van der Waals surface area contributed by atoms with Crippen molar-refractivity contribution in [1.29, 1.82) is 0 Å². The molecule has 0 aliphatic heterocycles. The second kappa shape index (κ2) is 7.46. The third-order valence-corrected chi connectivity index (χ3v) is 3.79. The van der Waals surface area contributed by atoms with Gasteiger partial charge >= 0.3 is 12.0 Å². The zero-order chi connectivity index (χ0) is 19.6. The van der Waals surface area contributed by atoms with Gasteiger partial charge < -0.3 is 9.15 Å². The van der Waals surface area contributed by atoms with Crippen molar-refractivity contribution in [1.82, 2.24) is 19.8 Å². The van der Waals surface area contributed by atoms with Crippen molar-refractivity contribution in [2.75, 3.05) is 26.1 Å². The Morgan fingerprint density at radius 2 is 2.15 bits per heavy atom. The van der Waals surface area contributed by atoms with E-state index < -0.39 is 12.0 Å². The smallest absolute Gasteiger partial charge is 0.411 e. The molecule has 0 aliphatic carbocycles. The number of hydrogen-bond donors (Lipinski definition) is 1. The van der Waals surface area contributed by atoms with Crippen molar-refractivity contribution in [3.63, 3.8) is 0 Å². The number of pyridine rings is 1. The van der Waals surface area contributed by atoms with E-state index in [-0.39, 0.29) is 18.1 Å². The third kappa shape index (κ3) is 3.60. The van der Waals surface area contributed by atoms with E-state index in [0.29, 0.717) is 16.8 Å². The maximum atomic E-state index is 12.5. The van der Waals surface area contributed by atoms with Crippen molar-refractivity contribution in [2.45, 2.75) is 6.92 Å². The Morgan fingerprint density at radius 1 is 1.37 bits per heavy atom. The molecule has 0 radical (unpaired) electrons. The Bertz CT molecular complexity index is 993. The molecule has 0 spiro atoms. The fourth-order valence-corrected chi connectivity index (χ4v) is 2.45. The molecule has 3 heterocycles. The molecule has 0 saturated heterocycles. The largest absolute Gasteiger partial charge is 0.450 e. The van der Waals surface area contributed by atoms with Crippen LogP contribution >= 0.6 is 0 Å². The van der Waals surface area contributed by atoms with Gasteiger partial charge in [0.2, 0.25) is 5.76 Å². The summed E-state index contributed by atoms with van der Waals surface area (Å²) in [6.45, 7) is 1.85. The van der Waals surface area contributed by atoms with Crippen LogP contribution in [0.25, 0.3) is 22.4 Å². The Kier molecular flexibility index (Phi) is 5.08. The molecule has 0 fully saturated rings. The van der Waals surface area contributed by atoms with E-state index in [9.17, 15) is 9.59 Å². The standard InChI is InChI=1S/C17H19N5O5/c1-5-26-17(24)20-14-13-12(27-15(14)16(23)22(3)25-4)7-6-11(19-13)10-8-18-21(2)9-10/h6-9H,5H2,1-4H3,(H,20,24). The quantitative estimate of drug-likeness (QED) is 0.684. The topological polar surface area (TPSA) is 112 Å². The predicted octanol–water partition coefficient (Wildman–Crippen LogP) is 2.43. The molecule has 3 rings (SSSR count). The molecular formula is C17H19N5O5. The van der Waals surface area contributed by atoms with Gasteiger partial charge in [0.1, 0.15) is 11.2 Å². The second-order valence-electron chi connectivity index (χ2n) is 5.58. The van der Waals surface area contributed by atoms with E-state index in [1.54, 1.807) is 43.2 Å². The molecule has 3 aromatic rings. The van der Waals surface area contributed by atoms with Crippen LogP contribution in [0.1, 0.15) is 17.5 Å². The fourth-order valence-electron chi connectivity index (χ4n) is 2.45. The Morgan fingerprint density at radius 3 is 2.78 bits per heavy atom. The highest BCUT2D eigenvalue weighted by Gasteiger charge is 2.27. The number of ether oxygens (including phenoxy) is 1. The monoisotopic (exact) mass is 373 g/mol. The van der Waals surface area contributed by atoms with Gasteiger partial charge in [-0.3, -0.25) is 19.6 Å². The summed E-state index contributed by atoms with van der Waals surface area (Å²) >= 11 is 0. The van der Waals surface area contributed by atoms with Crippen LogP contribution in [0, 0.1) is 0 Å². The number of anilines is 1. The average molecular weight is 373 g/mol. The fraction of sp³-hybridized carbons (Fsp3) is 0.294. The van der Waals surface area contributed by atoms with E-state index in [1.165, 1.54) is 14.2 Å². The number of amides is 2. The molecule has 0 saturated carbocycles. The summed E-state index contributed by atoms with van der Waals surface area (Å²) in [5.41, 5.74) is 2.16. The Balaban J connectivity index is 2.13. The van der Waals surface area contributed by atoms with Crippen LogP contribution in [0.3, 0.4) is 0 Å². The predicted molar refractivity (Wildman–Crippen MR) is 96.0 cm³/mol. The molecule has 2 amide bonds. The van der Waals surface area contributed by atoms with Crippen LogP contribution in [0.4, 0.5) is 10.5 Å². The van der Waals surface area contributed by atoms with Crippen molar-refractivity contribution < 1.29 is 23.6 Å². The molecule has 0 atom stereocenters. The van der Waals surface area contributed by atoms with Crippen molar-refractivity contribution >= 4 is 28.8 Å². The first-order chi connectivity index (χ1) is 12.9. The van der Waals surface area contributed by atoms with Crippen LogP contribution in [-0.2, 0) is 16.6 Å². The van der Waals surface area contributed by atoms with Crippen molar-refractivity contribution in [3.05, 3.63) is 30.3 Å². The molecule has 0 aromatic carbocycles. The number of hydroxylamine groups is 2. The first kappa shape index (κ1) is 18.4. The Hall–Kier alpha value is -3.40. The molecule has 10 nitrogen and oxygen atoms in total. The number of carbonyl (C=O) groups excluding carboxylic acids is 2. The molecular weight excluding hydrogens is 354 g/mol. The maximum absolute atomic E-state index is 12.5. The number of aromatic nitrogens is 3. The van der Waals surface area contributed by atoms with Gasteiger partial charge in [0.25, 0.3) is 0 Å². The number of rotatable bonds is 5. The maximum Gasteiger partial charge on any atom is 0.411 e. The van der Waals surface area contributed by atoms with Gasteiger partial charge in [-0.1, -0.05) is 0 Å². The van der Waals surface area contributed by atoms with E-state index in [0.717, 1.165) is 10.6 Å². The summed E-state index contributed by atoms with van der Waals surface area (Å²) in [5, 5.41) is 7.64. The molecule has 1 N–H and O–H groups in total. The first-order valence-electron chi connectivity index (χ1n) is 8.13. The first-order valence-corrected chi connectivity index (χ1v) is 8.13. The Labute approximate surface area is 154 Å². The van der Waals surface area contributed by atoms with Crippen LogP contribution in [-0.4, -0.2) is 52.6 Å². The minimum atomic E-state index is -0.720.